The summed E-state index contributed by atoms with van der Waals surface area (Å²) in [7, 11) is 0. The van der Waals surface area contributed by atoms with Crippen LogP contribution in [-0.2, 0) is 15.1 Å². The Morgan fingerprint density at radius 1 is 1.10 bits per heavy atom. The summed E-state index contributed by atoms with van der Waals surface area (Å²) < 4.78 is 13.2. The van der Waals surface area contributed by atoms with Crippen LogP contribution in [0.25, 0.3) is 0 Å². The van der Waals surface area contributed by atoms with Crippen LogP contribution in [0.5, 0.6) is 0 Å². The summed E-state index contributed by atoms with van der Waals surface area (Å²) in [5.74, 6) is -1.06. The SMILES string of the molecule is CC(C)CC(NC(=O)CN1C(=O)NC(C)(c2ccc(F)cc2)C1=O)c1ccccc1. The lowest BCUT2D eigenvalue weighted by Crippen LogP contribution is -2.44. The van der Waals surface area contributed by atoms with E-state index in [9.17, 15) is 18.8 Å². The maximum Gasteiger partial charge on any atom is 0.325 e. The summed E-state index contributed by atoms with van der Waals surface area (Å²) in [5.41, 5.74) is 0.0713. The van der Waals surface area contributed by atoms with E-state index >= 15 is 0 Å². The highest BCUT2D eigenvalue weighted by molar-refractivity contribution is 6.09. The van der Waals surface area contributed by atoms with Gasteiger partial charge in [-0.1, -0.05) is 56.3 Å². The van der Waals surface area contributed by atoms with Crippen molar-refractivity contribution in [2.75, 3.05) is 6.54 Å². The first-order chi connectivity index (χ1) is 14.2. The van der Waals surface area contributed by atoms with Gasteiger partial charge in [-0.3, -0.25) is 14.5 Å². The summed E-state index contributed by atoms with van der Waals surface area (Å²) in [5, 5.41) is 5.57. The summed E-state index contributed by atoms with van der Waals surface area (Å²) in [6.45, 7) is 5.29. The Hall–Kier alpha value is -3.22. The van der Waals surface area contributed by atoms with Crippen LogP contribution in [0.1, 0.15) is 44.4 Å². The number of hydrogen-bond acceptors (Lipinski definition) is 3. The van der Waals surface area contributed by atoms with E-state index in [-0.39, 0.29) is 12.6 Å². The van der Waals surface area contributed by atoms with E-state index in [0.29, 0.717) is 11.5 Å². The zero-order valence-electron chi connectivity index (χ0n) is 17.3. The molecule has 2 unspecified atom stereocenters. The Bertz CT molecular complexity index is 930. The van der Waals surface area contributed by atoms with Gasteiger partial charge in [0.15, 0.2) is 0 Å². The highest BCUT2D eigenvalue weighted by Gasteiger charge is 2.49. The van der Waals surface area contributed by atoms with E-state index < -0.39 is 29.2 Å². The zero-order chi connectivity index (χ0) is 21.9. The molecule has 3 rings (SSSR count). The molecule has 158 valence electrons. The molecule has 0 radical (unpaired) electrons. The van der Waals surface area contributed by atoms with Crippen molar-refractivity contribution >= 4 is 17.8 Å². The standard InChI is InChI=1S/C23H26FN3O3/c1-15(2)13-19(16-7-5-4-6-8-16)25-20(28)14-27-21(29)23(3,26-22(27)30)17-9-11-18(24)12-10-17/h4-12,15,19H,13-14H2,1-3H3,(H,25,28)(H,26,30). The fraction of sp³-hybridized carbons (Fsp3) is 0.348. The third-order valence-corrected chi connectivity index (χ3v) is 5.24. The number of carbonyl (C=O) groups excluding carboxylic acids is 3. The number of halogens is 1. The van der Waals surface area contributed by atoms with Crippen molar-refractivity contribution in [3.63, 3.8) is 0 Å². The second-order valence-electron chi connectivity index (χ2n) is 8.11. The molecule has 2 atom stereocenters. The molecule has 2 N–H and O–H groups in total. The monoisotopic (exact) mass is 411 g/mol. The molecule has 0 saturated carbocycles. The van der Waals surface area contributed by atoms with Gasteiger partial charge in [-0.05, 0) is 42.5 Å². The predicted octanol–water partition coefficient (Wildman–Crippen LogP) is 3.50. The number of urea groups is 1. The second kappa shape index (κ2) is 8.65. The number of rotatable bonds is 7. The van der Waals surface area contributed by atoms with Gasteiger partial charge < -0.3 is 10.6 Å². The van der Waals surface area contributed by atoms with E-state index in [4.69, 9.17) is 0 Å². The van der Waals surface area contributed by atoms with E-state index in [1.165, 1.54) is 24.3 Å². The van der Waals surface area contributed by atoms with E-state index in [2.05, 4.69) is 24.5 Å². The van der Waals surface area contributed by atoms with Gasteiger partial charge in [0, 0.05) is 0 Å². The number of hydrogen-bond donors (Lipinski definition) is 2. The lowest BCUT2D eigenvalue weighted by atomic mass is 9.92. The van der Waals surface area contributed by atoms with Crippen LogP contribution < -0.4 is 10.6 Å². The summed E-state index contributed by atoms with van der Waals surface area (Å²) in [6, 6.07) is 14.1. The zero-order valence-corrected chi connectivity index (χ0v) is 17.3. The van der Waals surface area contributed by atoms with Gasteiger partial charge in [-0.25, -0.2) is 9.18 Å². The Balaban J connectivity index is 1.73. The third kappa shape index (κ3) is 4.50. The molecule has 4 amide bonds. The minimum atomic E-state index is -1.35. The van der Waals surface area contributed by atoms with Gasteiger partial charge in [0.05, 0.1) is 6.04 Å². The first-order valence-electron chi connectivity index (χ1n) is 9.95. The first-order valence-corrected chi connectivity index (χ1v) is 9.95. The first kappa shape index (κ1) is 21.5. The maximum atomic E-state index is 13.2. The summed E-state index contributed by atoms with van der Waals surface area (Å²) in [4.78, 5) is 39.0. The number of nitrogens with one attached hydrogen (secondary N) is 2. The molecule has 0 aliphatic carbocycles. The molecule has 1 saturated heterocycles. The van der Waals surface area contributed by atoms with E-state index in [1.807, 2.05) is 30.3 Å². The minimum Gasteiger partial charge on any atom is -0.348 e. The lowest BCUT2D eigenvalue weighted by molar-refractivity contribution is -0.135. The molecule has 1 fully saturated rings. The molecule has 1 aliphatic heterocycles. The predicted molar refractivity (Wildman–Crippen MR) is 111 cm³/mol. The Labute approximate surface area is 175 Å². The molecule has 6 nitrogen and oxygen atoms in total. The largest absolute Gasteiger partial charge is 0.348 e. The van der Waals surface area contributed by atoms with Crippen LogP contribution in [-0.4, -0.2) is 29.3 Å². The number of nitrogens with zero attached hydrogens (tertiary/aromatic N) is 1. The van der Waals surface area contributed by atoms with Gasteiger partial charge in [-0.2, -0.15) is 0 Å². The molecule has 30 heavy (non-hydrogen) atoms. The molecule has 1 aliphatic rings. The van der Waals surface area contributed by atoms with E-state index in [1.54, 1.807) is 6.92 Å². The van der Waals surface area contributed by atoms with Crippen LogP contribution in [0.4, 0.5) is 9.18 Å². The Morgan fingerprint density at radius 3 is 2.33 bits per heavy atom. The molecule has 1 heterocycles. The Morgan fingerprint density at radius 2 is 1.73 bits per heavy atom. The summed E-state index contributed by atoms with van der Waals surface area (Å²) >= 11 is 0. The number of amides is 4. The molecule has 7 heteroatoms. The molecule has 2 aromatic carbocycles. The molecular weight excluding hydrogens is 385 g/mol. The van der Waals surface area contributed by atoms with E-state index in [0.717, 1.165) is 16.9 Å². The van der Waals surface area contributed by atoms with Crippen molar-refractivity contribution in [3.05, 3.63) is 71.5 Å². The van der Waals surface area contributed by atoms with Gasteiger partial charge in [0.25, 0.3) is 5.91 Å². The van der Waals surface area contributed by atoms with Crippen molar-refractivity contribution < 1.29 is 18.8 Å². The van der Waals surface area contributed by atoms with Crippen LogP contribution in [0.15, 0.2) is 54.6 Å². The smallest absolute Gasteiger partial charge is 0.325 e. The van der Waals surface area contributed by atoms with Crippen molar-refractivity contribution in [2.24, 2.45) is 5.92 Å². The Kier molecular flexibility index (Phi) is 6.20. The normalized spacial score (nSPS) is 19.7. The average molecular weight is 411 g/mol. The summed E-state index contributed by atoms with van der Waals surface area (Å²) in [6.07, 6.45) is 0.725. The number of carbonyl (C=O) groups is 3. The molecular formula is C23H26FN3O3. The molecule has 2 aromatic rings. The number of imide groups is 1. The van der Waals surface area contributed by atoms with Crippen LogP contribution in [0, 0.1) is 11.7 Å². The van der Waals surface area contributed by atoms with Crippen molar-refractivity contribution in [3.8, 4) is 0 Å². The van der Waals surface area contributed by atoms with Gasteiger partial charge >= 0.3 is 6.03 Å². The fourth-order valence-corrected chi connectivity index (χ4v) is 3.64. The van der Waals surface area contributed by atoms with Crippen molar-refractivity contribution in [2.45, 2.75) is 38.8 Å². The molecule has 0 spiro atoms. The maximum absolute atomic E-state index is 13.2. The highest BCUT2D eigenvalue weighted by Crippen LogP contribution is 2.29. The topological polar surface area (TPSA) is 78.5 Å². The second-order valence-corrected chi connectivity index (χ2v) is 8.11. The van der Waals surface area contributed by atoms with Crippen LogP contribution in [0.3, 0.4) is 0 Å². The van der Waals surface area contributed by atoms with Crippen molar-refractivity contribution in [1.29, 1.82) is 0 Å². The molecule has 0 aromatic heterocycles. The average Bonchev–Trinajstić information content (AvgIpc) is 2.92. The van der Waals surface area contributed by atoms with Crippen LogP contribution >= 0.6 is 0 Å². The van der Waals surface area contributed by atoms with Gasteiger partial charge in [-0.15, -0.1) is 0 Å². The third-order valence-electron chi connectivity index (χ3n) is 5.24. The van der Waals surface area contributed by atoms with Gasteiger partial charge in [0.1, 0.15) is 17.9 Å². The van der Waals surface area contributed by atoms with Crippen molar-refractivity contribution in [1.82, 2.24) is 15.5 Å². The molecule has 0 bridgehead atoms. The number of benzene rings is 2. The minimum absolute atomic E-state index is 0.219. The van der Waals surface area contributed by atoms with Gasteiger partial charge in [0.2, 0.25) is 5.91 Å². The van der Waals surface area contributed by atoms with Crippen LogP contribution in [0.2, 0.25) is 0 Å². The highest BCUT2D eigenvalue weighted by atomic mass is 19.1. The lowest BCUT2D eigenvalue weighted by Gasteiger charge is -2.24. The quantitative estimate of drug-likeness (QED) is 0.685. The fourth-order valence-electron chi connectivity index (χ4n) is 3.64.